The summed E-state index contributed by atoms with van der Waals surface area (Å²) < 4.78 is 0. The summed E-state index contributed by atoms with van der Waals surface area (Å²) in [4.78, 5) is 6.27. The predicted molar refractivity (Wildman–Crippen MR) is 65.9 cm³/mol. The van der Waals surface area contributed by atoms with Gasteiger partial charge in [0.2, 0.25) is 0 Å². The minimum absolute atomic E-state index is 0.729. The van der Waals surface area contributed by atoms with E-state index in [-0.39, 0.29) is 0 Å². The summed E-state index contributed by atoms with van der Waals surface area (Å²) in [5.41, 5.74) is 0.871. The van der Waals surface area contributed by atoms with E-state index >= 15 is 0 Å². The molecular weight excluding hydrogens is 192 g/mol. The van der Waals surface area contributed by atoms with Gasteiger partial charge in [-0.25, -0.2) is 0 Å². The highest BCUT2D eigenvalue weighted by atomic mass is 32.2. The van der Waals surface area contributed by atoms with Crippen LogP contribution in [0.25, 0.3) is 0 Å². The predicted octanol–water partition coefficient (Wildman–Crippen LogP) is 2.54. The Morgan fingerprint density at radius 3 is 3.00 bits per heavy atom. The van der Waals surface area contributed by atoms with Gasteiger partial charge >= 0.3 is 0 Å². The molecule has 1 saturated heterocycles. The topological polar surface area (TPSA) is 15.6 Å². The molecule has 0 spiro atoms. The van der Waals surface area contributed by atoms with Gasteiger partial charge < -0.3 is 4.90 Å². The van der Waals surface area contributed by atoms with E-state index in [1.807, 2.05) is 5.41 Å². The molecule has 78 valence electrons. The first kappa shape index (κ1) is 11.5. The van der Waals surface area contributed by atoms with Gasteiger partial charge in [0.15, 0.2) is 0 Å². The lowest BCUT2D eigenvalue weighted by molar-refractivity contribution is 0.335. The van der Waals surface area contributed by atoms with Gasteiger partial charge in [0.25, 0.3) is 0 Å². The van der Waals surface area contributed by atoms with Gasteiger partial charge in [-0.2, -0.15) is 0 Å². The van der Waals surface area contributed by atoms with Gasteiger partial charge in [0, 0.05) is 11.8 Å². The zero-order chi connectivity index (χ0) is 10.4. The van der Waals surface area contributed by atoms with Crippen molar-refractivity contribution in [1.29, 1.82) is 0 Å². The summed E-state index contributed by atoms with van der Waals surface area (Å²) in [5.74, 6) is 1.14. The highest BCUT2D eigenvalue weighted by Gasteiger charge is 2.19. The van der Waals surface area contributed by atoms with Gasteiger partial charge in [-0.3, -0.25) is 4.99 Å². The van der Waals surface area contributed by atoms with Crippen molar-refractivity contribution in [1.82, 2.24) is 4.90 Å². The first-order valence-electron chi connectivity index (χ1n) is 4.89. The monoisotopic (exact) mass is 210 g/mol. The third-order valence-corrected chi connectivity index (χ3v) is 3.54. The molecule has 1 fully saturated rings. The highest BCUT2D eigenvalue weighted by molar-refractivity contribution is 8.02. The first-order chi connectivity index (χ1) is 6.77. The molecule has 1 rings (SSSR count). The van der Waals surface area contributed by atoms with Gasteiger partial charge in [-0.15, -0.1) is 11.8 Å². The van der Waals surface area contributed by atoms with E-state index in [1.54, 1.807) is 17.8 Å². The quantitative estimate of drug-likeness (QED) is 0.512. The van der Waals surface area contributed by atoms with Crippen LogP contribution in [0, 0.1) is 0 Å². The fourth-order valence-electron chi connectivity index (χ4n) is 1.58. The molecule has 2 nitrogen and oxygen atoms in total. The van der Waals surface area contributed by atoms with Crippen molar-refractivity contribution in [2.24, 2.45) is 4.99 Å². The fraction of sp³-hybridized carbons (Fsp3) is 0.545. The van der Waals surface area contributed by atoms with Crippen molar-refractivity contribution in [3.05, 3.63) is 23.8 Å². The minimum atomic E-state index is 0.729. The molecule has 0 N–H and O–H groups in total. The molecule has 14 heavy (non-hydrogen) atoms. The van der Waals surface area contributed by atoms with Crippen molar-refractivity contribution in [2.45, 2.75) is 18.9 Å². The molecule has 0 saturated carbocycles. The standard InChI is InChI=1S/C11H18N2S/c1-4-10(12-2)8-14-9-11-6-5-7-13(11)3/h4,8,11H,1-2,5-7,9H2,3H3/b10-8-. The summed E-state index contributed by atoms with van der Waals surface area (Å²) in [6, 6.07) is 0.729. The van der Waals surface area contributed by atoms with Crippen LogP contribution in [-0.4, -0.2) is 37.0 Å². The number of rotatable bonds is 5. The Morgan fingerprint density at radius 1 is 1.71 bits per heavy atom. The molecule has 0 aliphatic carbocycles. The molecule has 0 aromatic heterocycles. The first-order valence-corrected chi connectivity index (χ1v) is 5.94. The average Bonchev–Trinajstić information content (AvgIpc) is 2.59. The Bertz CT molecular complexity index is 225. The number of thioether (sulfide) groups is 1. The Balaban J connectivity index is 2.29. The summed E-state index contributed by atoms with van der Waals surface area (Å²) in [6.45, 7) is 8.39. The van der Waals surface area contributed by atoms with E-state index < -0.39 is 0 Å². The Morgan fingerprint density at radius 2 is 2.50 bits per heavy atom. The summed E-state index contributed by atoms with van der Waals surface area (Å²) in [5, 5.41) is 2.03. The second kappa shape index (κ2) is 6.04. The van der Waals surface area contributed by atoms with Crippen molar-refractivity contribution in [3.8, 4) is 0 Å². The number of hydrogen-bond acceptors (Lipinski definition) is 3. The lowest BCUT2D eigenvalue weighted by atomic mass is 10.2. The largest absolute Gasteiger partial charge is 0.303 e. The number of aliphatic imine (C=N–C) groups is 1. The second-order valence-electron chi connectivity index (χ2n) is 3.51. The second-order valence-corrected chi connectivity index (χ2v) is 4.42. The maximum absolute atomic E-state index is 3.85. The lowest BCUT2D eigenvalue weighted by Crippen LogP contribution is -2.26. The highest BCUT2D eigenvalue weighted by Crippen LogP contribution is 2.20. The number of hydrogen-bond donors (Lipinski definition) is 0. The van der Waals surface area contributed by atoms with Crippen LogP contribution >= 0.6 is 11.8 Å². The molecule has 0 aromatic carbocycles. The summed E-state index contributed by atoms with van der Waals surface area (Å²) >= 11 is 1.80. The van der Waals surface area contributed by atoms with Crippen LogP contribution in [-0.2, 0) is 0 Å². The van der Waals surface area contributed by atoms with Crippen molar-refractivity contribution >= 4 is 18.5 Å². The van der Waals surface area contributed by atoms with Gasteiger partial charge in [0.05, 0.1) is 5.70 Å². The van der Waals surface area contributed by atoms with Crippen LogP contribution in [0.5, 0.6) is 0 Å². The zero-order valence-electron chi connectivity index (χ0n) is 8.78. The SMILES string of the molecule is C=C/C(=C/SCC1CCCN1C)N=C. The fourth-order valence-corrected chi connectivity index (χ4v) is 2.67. The molecule has 0 amide bonds. The minimum Gasteiger partial charge on any atom is -0.303 e. The summed E-state index contributed by atoms with van der Waals surface area (Å²) in [7, 11) is 2.20. The van der Waals surface area contributed by atoms with E-state index in [9.17, 15) is 0 Å². The molecule has 1 aliphatic rings. The zero-order valence-corrected chi connectivity index (χ0v) is 9.59. The average molecular weight is 210 g/mol. The van der Waals surface area contributed by atoms with Crippen molar-refractivity contribution in [2.75, 3.05) is 19.3 Å². The summed E-state index contributed by atoms with van der Waals surface area (Å²) in [6.07, 6.45) is 4.39. The number of nitrogens with zero attached hydrogens (tertiary/aromatic N) is 2. The molecule has 0 bridgehead atoms. The van der Waals surface area contributed by atoms with E-state index in [4.69, 9.17) is 0 Å². The molecular formula is C11H18N2S. The molecule has 0 aromatic rings. The van der Waals surface area contributed by atoms with E-state index in [0.717, 1.165) is 17.5 Å². The van der Waals surface area contributed by atoms with Gasteiger partial charge in [0.1, 0.15) is 0 Å². The van der Waals surface area contributed by atoms with E-state index in [0.29, 0.717) is 0 Å². The van der Waals surface area contributed by atoms with Crippen molar-refractivity contribution < 1.29 is 0 Å². The van der Waals surface area contributed by atoms with Crippen LogP contribution in [0.3, 0.4) is 0 Å². The Labute approximate surface area is 90.8 Å². The number of likely N-dealkylation sites (tertiary alicyclic amines) is 1. The smallest absolute Gasteiger partial charge is 0.0679 e. The molecule has 3 heteroatoms. The van der Waals surface area contributed by atoms with Gasteiger partial charge in [-0.05, 0) is 44.6 Å². The van der Waals surface area contributed by atoms with Crippen LogP contribution in [0.2, 0.25) is 0 Å². The molecule has 1 atom stereocenters. The Kier molecular flexibility index (Phi) is 4.98. The van der Waals surface area contributed by atoms with Crippen LogP contribution in [0.4, 0.5) is 0 Å². The van der Waals surface area contributed by atoms with Gasteiger partial charge in [-0.1, -0.05) is 6.58 Å². The third kappa shape index (κ3) is 3.31. The maximum Gasteiger partial charge on any atom is 0.0679 e. The van der Waals surface area contributed by atoms with Crippen LogP contribution in [0.1, 0.15) is 12.8 Å². The van der Waals surface area contributed by atoms with Crippen LogP contribution in [0.15, 0.2) is 28.8 Å². The molecule has 1 aliphatic heterocycles. The third-order valence-electron chi connectivity index (χ3n) is 2.56. The van der Waals surface area contributed by atoms with E-state index in [1.165, 1.54) is 19.4 Å². The Hall–Kier alpha value is -0.540. The van der Waals surface area contributed by atoms with Crippen molar-refractivity contribution in [3.63, 3.8) is 0 Å². The molecule has 0 radical (unpaired) electrons. The lowest BCUT2D eigenvalue weighted by Gasteiger charge is -2.17. The molecule has 1 unspecified atom stereocenters. The van der Waals surface area contributed by atoms with E-state index in [2.05, 4.69) is 30.2 Å². The normalized spacial score (nSPS) is 23.8. The molecule has 1 heterocycles. The van der Waals surface area contributed by atoms with Crippen LogP contribution < -0.4 is 0 Å². The maximum atomic E-state index is 3.85. The number of allylic oxidation sites excluding steroid dienone is 1.